The Hall–Kier alpha value is -0.650. The highest BCUT2D eigenvalue weighted by Gasteiger charge is 2.40. The third kappa shape index (κ3) is 3.66. The fraction of sp³-hybridized carbons (Fsp3) is 0.917. The molecule has 0 atom stereocenters. The predicted molar refractivity (Wildman–Crippen MR) is 65.5 cm³/mol. The van der Waals surface area contributed by atoms with Gasteiger partial charge in [0.1, 0.15) is 0 Å². The first-order valence-corrected chi connectivity index (χ1v) is 6.17. The number of ether oxygens (including phenoxy) is 1. The maximum absolute atomic E-state index is 12.3. The van der Waals surface area contributed by atoms with Gasteiger partial charge in [0.25, 0.3) is 0 Å². The average molecular weight is 244 g/mol. The molecule has 0 aromatic heterocycles. The first-order chi connectivity index (χ1) is 7.96. The zero-order valence-corrected chi connectivity index (χ0v) is 10.8. The maximum Gasteiger partial charge on any atom is 0.228 e. The van der Waals surface area contributed by atoms with E-state index < -0.39 is 11.0 Å². The van der Waals surface area contributed by atoms with E-state index in [9.17, 15) is 4.79 Å². The maximum atomic E-state index is 12.3. The summed E-state index contributed by atoms with van der Waals surface area (Å²) < 4.78 is 5.28. The smallest absolute Gasteiger partial charge is 0.228 e. The minimum Gasteiger partial charge on any atom is -0.396 e. The molecule has 5 nitrogen and oxygen atoms in total. The van der Waals surface area contributed by atoms with Gasteiger partial charge in [-0.05, 0) is 33.1 Å². The molecule has 1 aliphatic rings. The summed E-state index contributed by atoms with van der Waals surface area (Å²) in [5.74, 6) is -0.0123. The van der Waals surface area contributed by atoms with Crippen molar-refractivity contribution >= 4 is 5.91 Å². The van der Waals surface area contributed by atoms with Gasteiger partial charge < -0.3 is 20.9 Å². The van der Waals surface area contributed by atoms with Gasteiger partial charge >= 0.3 is 0 Å². The number of rotatable bonds is 5. The van der Waals surface area contributed by atoms with Gasteiger partial charge in [0.05, 0.1) is 5.41 Å². The Morgan fingerprint density at radius 3 is 2.53 bits per heavy atom. The highest BCUT2D eigenvalue weighted by molar-refractivity contribution is 5.83. The van der Waals surface area contributed by atoms with Crippen LogP contribution in [0.5, 0.6) is 0 Å². The van der Waals surface area contributed by atoms with Crippen LogP contribution in [0, 0.1) is 5.41 Å². The molecule has 0 radical (unpaired) electrons. The van der Waals surface area contributed by atoms with Crippen molar-refractivity contribution < 1.29 is 14.6 Å². The van der Waals surface area contributed by atoms with Crippen molar-refractivity contribution in [2.75, 3.05) is 26.4 Å². The fourth-order valence-corrected chi connectivity index (χ4v) is 2.07. The largest absolute Gasteiger partial charge is 0.396 e. The van der Waals surface area contributed by atoms with Crippen molar-refractivity contribution in [1.29, 1.82) is 0 Å². The van der Waals surface area contributed by atoms with Crippen molar-refractivity contribution in [3.8, 4) is 0 Å². The third-order valence-electron chi connectivity index (χ3n) is 3.51. The molecule has 0 aromatic rings. The Bertz CT molecular complexity index is 260. The number of hydrogen-bond acceptors (Lipinski definition) is 4. The second-order valence-electron chi connectivity index (χ2n) is 5.41. The van der Waals surface area contributed by atoms with Crippen LogP contribution in [0.2, 0.25) is 0 Å². The van der Waals surface area contributed by atoms with Crippen LogP contribution in [0.25, 0.3) is 0 Å². The van der Waals surface area contributed by atoms with Crippen LogP contribution in [-0.2, 0) is 9.53 Å². The summed E-state index contributed by atoms with van der Waals surface area (Å²) in [7, 11) is 0. The van der Waals surface area contributed by atoms with E-state index >= 15 is 0 Å². The molecular weight excluding hydrogens is 220 g/mol. The Balaban J connectivity index is 2.66. The lowest BCUT2D eigenvalue weighted by atomic mass is 9.78. The van der Waals surface area contributed by atoms with Crippen LogP contribution in [-0.4, -0.2) is 42.9 Å². The molecule has 0 spiro atoms. The highest BCUT2D eigenvalue weighted by atomic mass is 16.5. The lowest BCUT2D eigenvalue weighted by Gasteiger charge is -2.38. The molecule has 1 aliphatic heterocycles. The minimum absolute atomic E-state index is 0.0123. The monoisotopic (exact) mass is 244 g/mol. The summed E-state index contributed by atoms with van der Waals surface area (Å²) in [6, 6.07) is 0. The van der Waals surface area contributed by atoms with E-state index in [1.807, 2.05) is 13.8 Å². The van der Waals surface area contributed by atoms with Crippen LogP contribution in [0.3, 0.4) is 0 Å². The fourth-order valence-electron chi connectivity index (χ4n) is 2.07. The van der Waals surface area contributed by atoms with E-state index in [0.717, 1.165) is 0 Å². The van der Waals surface area contributed by atoms with Crippen molar-refractivity contribution in [2.24, 2.45) is 11.1 Å². The second-order valence-corrected chi connectivity index (χ2v) is 5.41. The number of amides is 1. The summed E-state index contributed by atoms with van der Waals surface area (Å²) in [5, 5.41) is 11.9. The molecule has 0 bridgehead atoms. The molecule has 1 heterocycles. The summed E-state index contributed by atoms with van der Waals surface area (Å²) in [5.41, 5.74) is 4.87. The molecule has 1 saturated heterocycles. The van der Waals surface area contributed by atoms with Gasteiger partial charge in [-0.1, -0.05) is 0 Å². The molecule has 17 heavy (non-hydrogen) atoms. The van der Waals surface area contributed by atoms with Gasteiger partial charge in [-0.2, -0.15) is 0 Å². The van der Waals surface area contributed by atoms with E-state index in [0.29, 0.717) is 39.0 Å². The van der Waals surface area contributed by atoms with E-state index in [2.05, 4.69) is 5.32 Å². The van der Waals surface area contributed by atoms with E-state index in [1.54, 1.807) is 0 Å². The van der Waals surface area contributed by atoms with Gasteiger partial charge in [-0.25, -0.2) is 0 Å². The van der Waals surface area contributed by atoms with Crippen molar-refractivity contribution in [1.82, 2.24) is 5.32 Å². The number of carbonyl (C=O) groups excluding carboxylic acids is 1. The Labute approximate surface area is 103 Å². The van der Waals surface area contributed by atoms with Gasteiger partial charge in [0.2, 0.25) is 5.91 Å². The molecule has 100 valence electrons. The van der Waals surface area contributed by atoms with E-state index in [-0.39, 0.29) is 12.5 Å². The van der Waals surface area contributed by atoms with Gasteiger partial charge in [-0.3, -0.25) is 4.79 Å². The molecule has 5 heteroatoms. The van der Waals surface area contributed by atoms with Gasteiger partial charge in [0.15, 0.2) is 0 Å². The van der Waals surface area contributed by atoms with Gasteiger partial charge in [-0.15, -0.1) is 0 Å². The van der Waals surface area contributed by atoms with Crippen LogP contribution in [0.1, 0.15) is 33.1 Å². The molecule has 0 aliphatic carbocycles. The van der Waals surface area contributed by atoms with Crippen molar-refractivity contribution in [3.05, 3.63) is 0 Å². The SMILES string of the molecule is CC(C)(CCO)NC(=O)C1(CN)CCOCC1. The Morgan fingerprint density at radius 1 is 1.47 bits per heavy atom. The van der Waals surface area contributed by atoms with Crippen LogP contribution in [0.15, 0.2) is 0 Å². The molecule has 0 unspecified atom stereocenters. The summed E-state index contributed by atoms with van der Waals surface area (Å²) in [6.45, 7) is 5.40. The summed E-state index contributed by atoms with van der Waals surface area (Å²) in [6.07, 6.45) is 1.88. The average Bonchev–Trinajstić information content (AvgIpc) is 2.29. The quantitative estimate of drug-likeness (QED) is 0.636. The standard InChI is InChI=1S/C12H24N2O3/c1-11(2,3-6-15)14-10(16)12(9-13)4-7-17-8-5-12/h15H,3-9,13H2,1-2H3,(H,14,16). The Kier molecular flexibility index (Phi) is 4.91. The number of nitrogens with one attached hydrogen (secondary N) is 1. The minimum atomic E-state index is -0.495. The highest BCUT2D eigenvalue weighted by Crippen LogP contribution is 2.30. The lowest BCUT2D eigenvalue weighted by molar-refractivity contribution is -0.137. The van der Waals surface area contributed by atoms with Crippen molar-refractivity contribution in [3.63, 3.8) is 0 Å². The molecule has 1 amide bonds. The lowest BCUT2D eigenvalue weighted by Crippen LogP contribution is -2.55. The topological polar surface area (TPSA) is 84.6 Å². The summed E-state index contributed by atoms with van der Waals surface area (Å²) >= 11 is 0. The number of carbonyl (C=O) groups is 1. The number of aliphatic hydroxyl groups excluding tert-OH is 1. The Morgan fingerprint density at radius 2 is 2.06 bits per heavy atom. The first kappa shape index (κ1) is 14.4. The molecule has 0 saturated carbocycles. The number of aliphatic hydroxyl groups is 1. The normalized spacial score (nSPS) is 20.0. The zero-order valence-electron chi connectivity index (χ0n) is 10.8. The van der Waals surface area contributed by atoms with Gasteiger partial charge in [0, 0.05) is 31.9 Å². The molecule has 0 aromatic carbocycles. The molecular formula is C12H24N2O3. The van der Waals surface area contributed by atoms with Crippen LogP contribution >= 0.6 is 0 Å². The number of nitrogens with two attached hydrogens (primary N) is 1. The van der Waals surface area contributed by atoms with E-state index in [1.165, 1.54) is 0 Å². The van der Waals surface area contributed by atoms with E-state index in [4.69, 9.17) is 15.6 Å². The molecule has 1 rings (SSSR count). The first-order valence-electron chi connectivity index (χ1n) is 6.17. The molecule has 1 fully saturated rings. The molecule has 4 N–H and O–H groups in total. The predicted octanol–water partition coefficient (Wildman–Crippen LogP) is 0.0191. The zero-order chi connectivity index (χ0) is 12.9. The summed E-state index contributed by atoms with van der Waals surface area (Å²) in [4.78, 5) is 12.3. The third-order valence-corrected chi connectivity index (χ3v) is 3.51. The second kappa shape index (κ2) is 5.80. The number of hydrogen-bond donors (Lipinski definition) is 3. The van der Waals surface area contributed by atoms with Crippen molar-refractivity contribution in [2.45, 2.75) is 38.6 Å². The van der Waals surface area contributed by atoms with Crippen LogP contribution < -0.4 is 11.1 Å². The van der Waals surface area contributed by atoms with Crippen LogP contribution in [0.4, 0.5) is 0 Å².